The number of hydrogen-bond acceptors (Lipinski definition) is 6. The van der Waals surface area contributed by atoms with Crippen LogP contribution < -0.4 is 5.73 Å². The number of nitro benzene ring substituents is 1. The van der Waals surface area contributed by atoms with Crippen LogP contribution >= 0.6 is 0 Å². The number of nitrogens with two attached hydrogens (primary N) is 1. The number of para-hydroxylation sites is 1. The average molecular weight is 282 g/mol. The molecule has 0 aliphatic heterocycles. The number of aromatic nitrogens is 2. The van der Waals surface area contributed by atoms with Gasteiger partial charge in [0.1, 0.15) is 5.56 Å². The van der Waals surface area contributed by atoms with Gasteiger partial charge in [-0.1, -0.05) is 29.4 Å². The summed E-state index contributed by atoms with van der Waals surface area (Å²) in [6, 6.07) is 13.2. The fourth-order valence-electron chi connectivity index (χ4n) is 1.94. The van der Waals surface area contributed by atoms with Gasteiger partial charge in [-0.2, -0.15) is 4.98 Å². The molecule has 3 rings (SSSR count). The van der Waals surface area contributed by atoms with Crippen LogP contribution in [0.5, 0.6) is 0 Å². The molecule has 0 fully saturated rings. The maximum Gasteiger partial charge on any atom is 0.282 e. The second kappa shape index (κ2) is 5.04. The molecule has 2 N–H and O–H groups in total. The fourth-order valence-corrected chi connectivity index (χ4v) is 1.94. The van der Waals surface area contributed by atoms with E-state index in [0.717, 1.165) is 0 Å². The van der Waals surface area contributed by atoms with Crippen LogP contribution in [0.1, 0.15) is 0 Å². The molecular weight excluding hydrogens is 272 g/mol. The van der Waals surface area contributed by atoms with Crippen molar-refractivity contribution in [2.24, 2.45) is 0 Å². The first kappa shape index (κ1) is 12.8. The molecule has 0 spiro atoms. The van der Waals surface area contributed by atoms with Crippen LogP contribution in [0.15, 0.2) is 53.1 Å². The molecule has 0 radical (unpaired) electrons. The highest BCUT2D eigenvalue weighted by Gasteiger charge is 2.20. The van der Waals surface area contributed by atoms with Gasteiger partial charge in [-0.05, 0) is 18.2 Å². The number of hydrogen-bond donors (Lipinski definition) is 1. The Balaban J connectivity index is 2.05. The average Bonchev–Trinajstić information content (AvgIpc) is 2.97. The minimum Gasteiger partial charge on any atom is -0.399 e. The number of nitrogens with zero attached hydrogens (tertiary/aromatic N) is 3. The van der Waals surface area contributed by atoms with E-state index in [1.807, 2.05) is 0 Å². The van der Waals surface area contributed by atoms with Gasteiger partial charge in [0.05, 0.1) is 4.92 Å². The molecule has 0 saturated heterocycles. The van der Waals surface area contributed by atoms with Gasteiger partial charge in [0.15, 0.2) is 0 Å². The quantitative estimate of drug-likeness (QED) is 0.449. The van der Waals surface area contributed by atoms with E-state index < -0.39 is 4.92 Å². The Labute approximate surface area is 119 Å². The van der Waals surface area contributed by atoms with Crippen molar-refractivity contribution in [3.8, 4) is 22.8 Å². The third kappa shape index (κ3) is 2.44. The monoisotopic (exact) mass is 282 g/mol. The predicted octanol–water partition coefficient (Wildman–Crippen LogP) is 2.89. The highest BCUT2D eigenvalue weighted by molar-refractivity contribution is 5.69. The van der Waals surface area contributed by atoms with Crippen LogP contribution in [0.4, 0.5) is 11.4 Å². The predicted molar refractivity (Wildman–Crippen MR) is 76.2 cm³/mol. The second-order valence-corrected chi connectivity index (χ2v) is 4.32. The molecule has 0 unspecified atom stereocenters. The molecule has 104 valence electrons. The summed E-state index contributed by atoms with van der Waals surface area (Å²) >= 11 is 0. The van der Waals surface area contributed by atoms with Crippen LogP contribution in [0.25, 0.3) is 22.8 Å². The Kier molecular flexibility index (Phi) is 3.07. The molecule has 1 heterocycles. The molecule has 0 atom stereocenters. The summed E-state index contributed by atoms with van der Waals surface area (Å²) in [5, 5.41) is 14.9. The third-order valence-corrected chi connectivity index (χ3v) is 2.90. The molecule has 3 aromatic rings. The van der Waals surface area contributed by atoms with Crippen molar-refractivity contribution < 1.29 is 9.45 Å². The number of nitrogen functional groups attached to an aromatic ring is 1. The standard InChI is InChI=1S/C14H10N4O3/c15-10-5-3-4-9(8-10)13-16-14(21-17-13)11-6-1-2-7-12(11)18(19)20/h1-8H,15H2. The molecular formula is C14H10N4O3. The van der Waals surface area contributed by atoms with Gasteiger partial charge < -0.3 is 10.3 Å². The van der Waals surface area contributed by atoms with Gasteiger partial charge >= 0.3 is 0 Å². The lowest BCUT2D eigenvalue weighted by Gasteiger charge is -1.96. The zero-order chi connectivity index (χ0) is 14.8. The van der Waals surface area contributed by atoms with E-state index in [1.54, 1.807) is 42.5 Å². The highest BCUT2D eigenvalue weighted by atomic mass is 16.6. The summed E-state index contributed by atoms with van der Waals surface area (Å²) < 4.78 is 5.13. The van der Waals surface area contributed by atoms with Crippen molar-refractivity contribution in [1.82, 2.24) is 10.1 Å². The zero-order valence-corrected chi connectivity index (χ0v) is 10.8. The van der Waals surface area contributed by atoms with Gasteiger partial charge in [0.2, 0.25) is 5.82 Å². The van der Waals surface area contributed by atoms with Crippen molar-refractivity contribution in [3.63, 3.8) is 0 Å². The Bertz CT molecular complexity index is 813. The normalized spacial score (nSPS) is 10.5. The molecule has 0 bridgehead atoms. The van der Waals surface area contributed by atoms with Crippen LogP contribution in [0.3, 0.4) is 0 Å². The lowest BCUT2D eigenvalue weighted by atomic mass is 10.1. The molecule has 0 aliphatic carbocycles. The van der Waals surface area contributed by atoms with Gasteiger partial charge in [0.25, 0.3) is 11.6 Å². The lowest BCUT2D eigenvalue weighted by molar-refractivity contribution is -0.384. The number of nitro groups is 1. The Hall–Kier alpha value is -3.22. The minimum atomic E-state index is -0.486. The van der Waals surface area contributed by atoms with Gasteiger partial charge in [-0.15, -0.1) is 0 Å². The molecule has 0 saturated carbocycles. The second-order valence-electron chi connectivity index (χ2n) is 4.32. The summed E-state index contributed by atoms with van der Waals surface area (Å²) in [6.45, 7) is 0. The Morgan fingerprint density at radius 1 is 1.14 bits per heavy atom. The Morgan fingerprint density at radius 3 is 2.71 bits per heavy atom. The van der Waals surface area contributed by atoms with E-state index in [-0.39, 0.29) is 17.1 Å². The summed E-state index contributed by atoms with van der Waals surface area (Å²) in [6.07, 6.45) is 0. The minimum absolute atomic E-state index is 0.0831. The van der Waals surface area contributed by atoms with Gasteiger partial charge in [-0.25, -0.2) is 0 Å². The Morgan fingerprint density at radius 2 is 1.95 bits per heavy atom. The number of rotatable bonds is 3. The van der Waals surface area contributed by atoms with Crippen LogP contribution in [0.2, 0.25) is 0 Å². The van der Waals surface area contributed by atoms with Crippen molar-refractivity contribution in [2.45, 2.75) is 0 Å². The van der Waals surface area contributed by atoms with Crippen LogP contribution in [-0.4, -0.2) is 15.1 Å². The maximum absolute atomic E-state index is 11.0. The summed E-state index contributed by atoms with van der Waals surface area (Å²) in [4.78, 5) is 14.7. The maximum atomic E-state index is 11.0. The summed E-state index contributed by atoms with van der Waals surface area (Å²) in [7, 11) is 0. The lowest BCUT2D eigenvalue weighted by Crippen LogP contribution is -1.91. The molecule has 7 heteroatoms. The summed E-state index contributed by atoms with van der Waals surface area (Å²) in [5.41, 5.74) is 7.16. The third-order valence-electron chi connectivity index (χ3n) is 2.90. The van der Waals surface area contributed by atoms with Crippen LogP contribution in [0, 0.1) is 10.1 Å². The molecule has 7 nitrogen and oxygen atoms in total. The SMILES string of the molecule is Nc1cccc(-c2noc(-c3ccccc3[N+](=O)[O-])n2)c1. The highest BCUT2D eigenvalue weighted by Crippen LogP contribution is 2.29. The molecule has 2 aromatic carbocycles. The molecule has 1 aromatic heterocycles. The summed E-state index contributed by atoms with van der Waals surface area (Å²) in [5.74, 6) is 0.426. The van der Waals surface area contributed by atoms with Crippen molar-refractivity contribution in [2.75, 3.05) is 5.73 Å². The van der Waals surface area contributed by atoms with E-state index >= 15 is 0 Å². The van der Waals surface area contributed by atoms with Gasteiger partial charge in [-0.3, -0.25) is 10.1 Å². The molecule has 21 heavy (non-hydrogen) atoms. The largest absolute Gasteiger partial charge is 0.399 e. The molecule has 0 amide bonds. The van der Waals surface area contributed by atoms with E-state index in [4.69, 9.17) is 10.3 Å². The smallest absolute Gasteiger partial charge is 0.282 e. The van der Waals surface area contributed by atoms with Crippen molar-refractivity contribution in [1.29, 1.82) is 0 Å². The van der Waals surface area contributed by atoms with E-state index in [9.17, 15) is 10.1 Å². The number of benzene rings is 2. The number of anilines is 1. The van der Waals surface area contributed by atoms with Crippen LogP contribution in [-0.2, 0) is 0 Å². The van der Waals surface area contributed by atoms with E-state index in [1.165, 1.54) is 6.07 Å². The topological polar surface area (TPSA) is 108 Å². The first-order valence-electron chi connectivity index (χ1n) is 6.08. The van der Waals surface area contributed by atoms with E-state index in [0.29, 0.717) is 17.1 Å². The van der Waals surface area contributed by atoms with Crippen molar-refractivity contribution in [3.05, 3.63) is 58.6 Å². The molecule has 0 aliphatic rings. The van der Waals surface area contributed by atoms with Crippen molar-refractivity contribution >= 4 is 11.4 Å². The fraction of sp³-hybridized carbons (Fsp3) is 0. The van der Waals surface area contributed by atoms with Gasteiger partial charge in [0, 0.05) is 17.3 Å². The first-order chi connectivity index (χ1) is 10.1. The first-order valence-corrected chi connectivity index (χ1v) is 6.08. The van der Waals surface area contributed by atoms with E-state index in [2.05, 4.69) is 10.1 Å². The zero-order valence-electron chi connectivity index (χ0n) is 10.8.